The molecule has 6 aromatic rings. The number of nitrogens with two attached hydrogens (primary N) is 2. The van der Waals surface area contributed by atoms with Crippen molar-refractivity contribution in [1.82, 2.24) is 97.9 Å². The SMILES string of the molecule is CCCC[C@H]1C(=O)N(C)[C@@H](CCCC)C(=O)NC(CCCNC(=N)N)C(=O)NC(C(=O)NCC(N)=O)CSCC(=O)N[C@@H](Cc2ccccc2)C(=O)N(C)[C@@H](C)C(=O)N[C@@H](CC(C)=O)C(=O)N2CCC[C@H]2C(=O)N[C@@H](Cc2cnc[nH]2)C(=O)N[C@@H](CC(C)C)C(=O)N(C)CC(=O)N[C@@H](Cc2c[nH]c3ccccc23)C(=O)NC(CO)C(=O)N[C@@H](C(c2ccccc2)c2ccccc2)C(=O)N1C. The van der Waals surface area contributed by atoms with Crippen LogP contribution in [0.4, 0.5) is 0 Å². The normalized spacial score (nSPS) is 23.2. The molecule has 0 spiro atoms. The molecule has 16 amide bonds. The molecule has 8 rings (SSSR count). The lowest BCUT2D eigenvalue weighted by molar-refractivity contribution is -0.149. The first kappa shape index (κ1) is 107. The molecule has 2 aliphatic heterocycles. The number of para-hydroxylation sites is 1. The third-order valence-corrected chi connectivity index (χ3v) is 24.8. The van der Waals surface area contributed by atoms with Crippen LogP contribution in [-0.4, -0.2) is 302 Å². The number of H-pyrrole nitrogens is 2. The number of hydrogen-bond acceptors (Lipinski definition) is 21. The first-order valence-corrected chi connectivity index (χ1v) is 46.6. The number of nitrogens with zero attached hydrogens (tertiary/aromatic N) is 6. The molecule has 0 saturated carbocycles. The van der Waals surface area contributed by atoms with Gasteiger partial charge in [-0.3, -0.25) is 86.9 Å². The summed E-state index contributed by atoms with van der Waals surface area (Å²) in [6, 6.07) is 13.2. The predicted molar refractivity (Wildman–Crippen MR) is 504 cm³/mol. The zero-order valence-electron chi connectivity index (χ0n) is 78.1. The number of Topliss-reactive ketones (excluding diaryl/α,β-unsaturated/α-hetero) is 1. The van der Waals surface area contributed by atoms with Crippen LogP contribution in [0, 0.1) is 11.3 Å². The zero-order valence-corrected chi connectivity index (χ0v) is 78.9. The van der Waals surface area contributed by atoms with Gasteiger partial charge in [0.1, 0.15) is 84.3 Å². The smallest absolute Gasteiger partial charge is 0.246 e. The maximum Gasteiger partial charge on any atom is 0.246 e. The molecule has 2 aliphatic rings. The van der Waals surface area contributed by atoms with E-state index in [9.17, 15) is 57.8 Å². The van der Waals surface area contributed by atoms with Gasteiger partial charge in [-0.1, -0.05) is 163 Å². The molecule has 2 fully saturated rings. The first-order chi connectivity index (χ1) is 64.4. The Labute approximate surface area is 789 Å². The highest BCUT2D eigenvalue weighted by molar-refractivity contribution is 8.00. The molecule has 0 aliphatic carbocycles. The molecular formula is C94H130N22O18S. The molecule has 41 heteroatoms. The van der Waals surface area contributed by atoms with Gasteiger partial charge in [0, 0.05) is 108 Å². The fourth-order valence-corrected chi connectivity index (χ4v) is 17.2. The van der Waals surface area contributed by atoms with Gasteiger partial charge >= 0.3 is 0 Å². The van der Waals surface area contributed by atoms with Crippen molar-refractivity contribution in [1.29, 1.82) is 5.41 Å². The lowest BCUT2D eigenvalue weighted by atomic mass is 9.83. The summed E-state index contributed by atoms with van der Waals surface area (Å²) in [5, 5.41) is 49.4. The number of aliphatic hydroxyl groups is 1. The maximum atomic E-state index is 16.2. The molecule has 135 heavy (non-hydrogen) atoms. The molecule has 4 aromatic carbocycles. The second kappa shape index (κ2) is 52.7. The number of rotatable bonds is 27. The summed E-state index contributed by atoms with van der Waals surface area (Å²) in [5.74, 6) is -17.5. The van der Waals surface area contributed by atoms with Crippen LogP contribution in [0.15, 0.2) is 134 Å². The Morgan fingerprint density at radius 1 is 0.563 bits per heavy atom. The number of carbonyl (C=O) groups is 17. The Morgan fingerprint density at radius 2 is 1.13 bits per heavy atom. The quantitative estimate of drug-likeness (QED) is 0.0184. The Balaban J connectivity index is 1.21. The van der Waals surface area contributed by atoms with E-state index in [-0.39, 0.29) is 83.2 Å². The van der Waals surface area contributed by atoms with Crippen molar-refractivity contribution in [3.05, 3.63) is 162 Å². The number of thioether (sulfide) groups is 1. The Bertz CT molecular complexity index is 5050. The van der Waals surface area contributed by atoms with Gasteiger partial charge in [-0.15, -0.1) is 11.8 Å². The number of aromatic amines is 2. The average Bonchev–Trinajstić information content (AvgIpc) is 1.50. The minimum absolute atomic E-state index is 0.000713. The van der Waals surface area contributed by atoms with E-state index < -0.39 is 228 Å². The molecule has 40 nitrogen and oxygen atoms in total. The summed E-state index contributed by atoms with van der Waals surface area (Å²) >= 11 is 0.805. The molecule has 0 bridgehead atoms. The van der Waals surface area contributed by atoms with E-state index in [2.05, 4.69) is 73.4 Å². The lowest BCUT2D eigenvalue weighted by Gasteiger charge is -2.38. The molecule has 730 valence electrons. The van der Waals surface area contributed by atoms with Crippen LogP contribution in [0.2, 0.25) is 0 Å². The molecule has 2 saturated heterocycles. The number of primary amides is 1. The Hall–Kier alpha value is -13.6. The van der Waals surface area contributed by atoms with Crippen molar-refractivity contribution >= 4 is 129 Å². The fourth-order valence-electron chi connectivity index (χ4n) is 16.3. The third kappa shape index (κ3) is 31.5. The number of guanidine groups is 1. The van der Waals surface area contributed by atoms with Crippen LogP contribution in [0.3, 0.4) is 0 Å². The van der Waals surface area contributed by atoms with Gasteiger partial charge in [0.2, 0.25) is 94.5 Å². The number of unbranched alkanes of at least 4 members (excludes halogenated alkanes) is 2. The van der Waals surface area contributed by atoms with Crippen LogP contribution >= 0.6 is 11.8 Å². The number of nitrogens with one attached hydrogen (secondary N) is 14. The van der Waals surface area contributed by atoms with Gasteiger partial charge in [0.15, 0.2) is 5.96 Å². The van der Waals surface area contributed by atoms with E-state index in [1.54, 1.807) is 135 Å². The van der Waals surface area contributed by atoms with Gasteiger partial charge in [-0.2, -0.15) is 0 Å². The molecular weight excluding hydrogens is 1760 g/mol. The van der Waals surface area contributed by atoms with Crippen molar-refractivity contribution in [3.63, 3.8) is 0 Å². The second-order valence-electron chi connectivity index (χ2n) is 34.6. The van der Waals surface area contributed by atoms with Crippen LogP contribution in [0.5, 0.6) is 0 Å². The summed E-state index contributed by atoms with van der Waals surface area (Å²) in [6.07, 6.45) is 4.90. The first-order valence-electron chi connectivity index (χ1n) is 45.5. The number of likely N-dealkylation sites (N-methyl/N-ethyl adjacent to an activating group) is 4. The average molecular weight is 1890 g/mol. The number of aliphatic hydroxyl groups excluding tert-OH is 1. The van der Waals surface area contributed by atoms with Crippen LogP contribution in [0.1, 0.15) is 152 Å². The third-order valence-electron chi connectivity index (χ3n) is 23.7. The standard InChI is InChI=1S/C94H130N22O18S/c1-11-13-37-73-87(128)105-65(36-26-40-99-94(96)97)83(124)110-72(82(123)101-49-76(95)119)52-135-53-78(121)104-70(44-58-28-18-15-19-29-58)90(131)113(8)57(6)81(122)107-69(43-56(5)118)91(132)116-41-27-39-74(116)88(129)106-67(46-62-48-98-54-102-62)85(126)108-68(42-55(3)4)89(130)112(7)50-77(120)103-66(45-61-47-100-64-35-25-24-34-63(61)64)84(125)109-71(51-117)86(127)111-80(93(134)115(10)75(38-14-12-2)92(133)114(73)9)79(59-30-20-16-21-31-59)60-32-22-17-23-33-60/h15-25,28-35,47-48,54-55,57,65-75,79-80,100,117H,11-14,26-27,36-46,49-53H2,1-10H3,(H2,95,119)(H,98,102)(H,101,123)(H,103,120)(H,104,121)(H,105,128)(H,106,129)(H,107,122)(H,108,126)(H,109,125)(H,110,124)(H,111,127)(H4,96,97,99)/t57-,65?,66-,67-,68-,69-,70-,71?,72?,73-,74-,75-,80-/m0/s1. The topological polar surface area (TPSA) is 579 Å². The lowest BCUT2D eigenvalue weighted by Crippen LogP contribution is -2.62. The largest absolute Gasteiger partial charge is 0.394 e. The van der Waals surface area contributed by atoms with Crippen molar-refractivity contribution < 1.29 is 86.6 Å². The monoisotopic (exact) mass is 1890 g/mol. The highest BCUT2D eigenvalue weighted by atomic mass is 32.2. The van der Waals surface area contributed by atoms with Gasteiger partial charge in [-0.25, -0.2) is 4.98 Å². The summed E-state index contributed by atoms with van der Waals surface area (Å²) in [7, 11) is 5.31. The summed E-state index contributed by atoms with van der Waals surface area (Å²) < 4.78 is 0. The number of hydrogen-bond donors (Lipinski definition) is 17. The molecule has 4 heterocycles. The van der Waals surface area contributed by atoms with Gasteiger partial charge < -0.3 is 110 Å². The van der Waals surface area contributed by atoms with E-state index in [0.717, 1.165) is 21.6 Å². The second-order valence-corrected chi connectivity index (χ2v) is 35.6. The van der Waals surface area contributed by atoms with Crippen LogP contribution in [0.25, 0.3) is 10.9 Å². The highest BCUT2D eigenvalue weighted by Crippen LogP contribution is 2.32. The van der Waals surface area contributed by atoms with Crippen molar-refractivity contribution in [2.75, 3.05) is 72.5 Å². The molecule has 0 radical (unpaired) electrons. The van der Waals surface area contributed by atoms with Crippen LogP contribution in [-0.2, 0) is 101 Å². The number of ketones is 1. The van der Waals surface area contributed by atoms with E-state index in [4.69, 9.17) is 16.9 Å². The predicted octanol–water partition coefficient (Wildman–Crippen LogP) is 0.0740. The Morgan fingerprint density at radius 3 is 1.74 bits per heavy atom. The van der Waals surface area contributed by atoms with E-state index in [0.29, 0.717) is 64.5 Å². The number of imidazole rings is 1. The van der Waals surface area contributed by atoms with E-state index in [1.165, 1.54) is 69.3 Å². The molecule has 19 N–H and O–H groups in total. The summed E-state index contributed by atoms with van der Waals surface area (Å²) in [5.41, 5.74) is 14.2. The van der Waals surface area contributed by atoms with Gasteiger partial charge in [0.05, 0.1) is 31.8 Å². The number of benzene rings is 4. The summed E-state index contributed by atoms with van der Waals surface area (Å²) in [6.45, 7) is 7.20. The molecule has 13 atom stereocenters. The van der Waals surface area contributed by atoms with Gasteiger partial charge in [-0.05, 0) is 93.0 Å². The number of fused-ring (bicyclic) bond motifs is 2. The number of carbonyl (C=O) groups excluding carboxylic acids is 17. The molecule has 3 unspecified atom stereocenters. The van der Waals surface area contributed by atoms with E-state index >= 15 is 28.8 Å². The highest BCUT2D eigenvalue weighted by Gasteiger charge is 2.45. The van der Waals surface area contributed by atoms with Crippen molar-refractivity contribution in [2.45, 2.75) is 222 Å². The van der Waals surface area contributed by atoms with Gasteiger partial charge in [0.25, 0.3) is 0 Å². The molecule has 2 aromatic heterocycles. The minimum atomic E-state index is -1.88. The Kier molecular flexibility index (Phi) is 41.7. The van der Waals surface area contributed by atoms with Crippen LogP contribution < -0.4 is 70.0 Å². The number of aromatic nitrogens is 3. The maximum absolute atomic E-state index is 16.2. The minimum Gasteiger partial charge on any atom is -0.394 e. The number of amides is 16. The zero-order chi connectivity index (χ0) is 98.7. The van der Waals surface area contributed by atoms with Crippen molar-refractivity contribution in [3.8, 4) is 0 Å². The van der Waals surface area contributed by atoms with Crippen molar-refractivity contribution in [2.24, 2.45) is 17.4 Å². The summed E-state index contributed by atoms with van der Waals surface area (Å²) in [4.78, 5) is 267. The van der Waals surface area contributed by atoms with E-state index in [1.807, 2.05) is 13.8 Å². The fraction of sp³-hybridized carbons (Fsp3) is 0.500.